The van der Waals surface area contributed by atoms with E-state index in [2.05, 4.69) is 20.4 Å². The van der Waals surface area contributed by atoms with E-state index < -0.39 is 23.6 Å². The molecule has 0 saturated carbocycles. The van der Waals surface area contributed by atoms with E-state index in [-0.39, 0.29) is 28.2 Å². The van der Waals surface area contributed by atoms with E-state index in [1.165, 1.54) is 31.5 Å². The minimum absolute atomic E-state index is 0.0333. The molecule has 2 heterocycles. The quantitative estimate of drug-likeness (QED) is 0.510. The van der Waals surface area contributed by atoms with E-state index in [1.807, 2.05) is 0 Å². The standard InChI is InChI=1S/C21H18F2N6O2/c1-29-10-13(8-26-29)19(11-3-4-18(31-2)16(23)5-11)28-20(30)12-6-15(22)14-9-25-21(24)27-17(14)7-12/h3-10,19H,1-2H3,(H,28,30)(H2,24,25,27). The molecule has 10 heteroatoms. The second-order valence-corrected chi connectivity index (χ2v) is 6.87. The average Bonchev–Trinajstić information content (AvgIpc) is 3.17. The van der Waals surface area contributed by atoms with Gasteiger partial charge in [0.2, 0.25) is 5.95 Å². The van der Waals surface area contributed by atoms with Crippen molar-refractivity contribution in [2.75, 3.05) is 12.8 Å². The Hall–Kier alpha value is -4.08. The summed E-state index contributed by atoms with van der Waals surface area (Å²) in [7, 11) is 3.09. The summed E-state index contributed by atoms with van der Waals surface area (Å²) in [5.41, 5.74) is 6.89. The SMILES string of the molecule is COc1ccc(C(NC(=O)c2cc(F)c3cnc(N)nc3c2)c2cnn(C)c2)cc1F. The molecule has 1 atom stereocenters. The normalized spacial score (nSPS) is 12.0. The van der Waals surface area contributed by atoms with E-state index in [4.69, 9.17) is 10.5 Å². The van der Waals surface area contributed by atoms with Crippen LogP contribution in [0.3, 0.4) is 0 Å². The molecule has 158 valence electrons. The number of fused-ring (bicyclic) bond motifs is 1. The van der Waals surface area contributed by atoms with E-state index in [1.54, 1.807) is 30.2 Å². The number of hydrogen-bond donors (Lipinski definition) is 2. The molecular weight excluding hydrogens is 406 g/mol. The molecule has 0 saturated heterocycles. The van der Waals surface area contributed by atoms with Gasteiger partial charge in [0.1, 0.15) is 5.82 Å². The number of methoxy groups -OCH3 is 1. The third-order valence-electron chi connectivity index (χ3n) is 4.77. The van der Waals surface area contributed by atoms with E-state index in [9.17, 15) is 13.6 Å². The summed E-state index contributed by atoms with van der Waals surface area (Å²) in [5, 5.41) is 7.07. The van der Waals surface area contributed by atoms with Crippen molar-refractivity contribution in [3.05, 3.63) is 77.2 Å². The van der Waals surface area contributed by atoms with Crippen LogP contribution in [0.25, 0.3) is 10.9 Å². The van der Waals surface area contributed by atoms with Crippen LogP contribution in [0.5, 0.6) is 5.75 Å². The largest absolute Gasteiger partial charge is 0.494 e. The highest BCUT2D eigenvalue weighted by molar-refractivity contribution is 5.98. The van der Waals surface area contributed by atoms with Crippen LogP contribution in [-0.4, -0.2) is 32.8 Å². The first-order valence-electron chi connectivity index (χ1n) is 9.20. The first-order chi connectivity index (χ1) is 14.9. The maximum absolute atomic E-state index is 14.5. The lowest BCUT2D eigenvalue weighted by Gasteiger charge is -2.19. The number of ether oxygens (including phenoxy) is 1. The fourth-order valence-corrected chi connectivity index (χ4v) is 3.26. The Morgan fingerprint density at radius 2 is 1.97 bits per heavy atom. The van der Waals surface area contributed by atoms with E-state index in [0.717, 1.165) is 6.07 Å². The lowest BCUT2D eigenvalue weighted by molar-refractivity contribution is 0.0942. The number of nitrogens with two attached hydrogens (primary N) is 1. The number of nitrogens with one attached hydrogen (secondary N) is 1. The second-order valence-electron chi connectivity index (χ2n) is 6.87. The summed E-state index contributed by atoms with van der Waals surface area (Å²) in [4.78, 5) is 20.7. The summed E-state index contributed by atoms with van der Waals surface area (Å²) in [6.07, 6.45) is 4.51. The highest BCUT2D eigenvalue weighted by Gasteiger charge is 2.22. The number of carbonyl (C=O) groups excluding carboxylic acids is 1. The topological polar surface area (TPSA) is 108 Å². The van der Waals surface area contributed by atoms with Gasteiger partial charge in [-0.3, -0.25) is 9.48 Å². The van der Waals surface area contributed by atoms with Gasteiger partial charge >= 0.3 is 0 Å². The van der Waals surface area contributed by atoms with Crippen LogP contribution in [-0.2, 0) is 7.05 Å². The fraction of sp³-hybridized carbons (Fsp3) is 0.143. The maximum atomic E-state index is 14.5. The summed E-state index contributed by atoms with van der Waals surface area (Å²) >= 11 is 0. The van der Waals surface area contributed by atoms with Gasteiger partial charge < -0.3 is 15.8 Å². The Morgan fingerprint density at radius 3 is 2.65 bits per heavy atom. The van der Waals surface area contributed by atoms with Crippen molar-refractivity contribution in [2.45, 2.75) is 6.04 Å². The summed E-state index contributed by atoms with van der Waals surface area (Å²) in [5.74, 6) is -1.77. The number of anilines is 1. The lowest BCUT2D eigenvalue weighted by Crippen LogP contribution is -2.29. The van der Waals surface area contributed by atoms with Crippen LogP contribution in [0, 0.1) is 11.6 Å². The number of aryl methyl sites for hydroxylation is 1. The van der Waals surface area contributed by atoms with Crippen molar-refractivity contribution in [3.63, 3.8) is 0 Å². The Kier molecular flexibility index (Phi) is 5.20. The summed E-state index contributed by atoms with van der Waals surface area (Å²) in [6.45, 7) is 0. The average molecular weight is 424 g/mol. The Bertz CT molecular complexity index is 1290. The molecule has 0 aliphatic heterocycles. The zero-order chi connectivity index (χ0) is 22.1. The molecule has 4 aromatic rings. The van der Waals surface area contributed by atoms with Gasteiger partial charge in [-0.05, 0) is 29.8 Å². The molecule has 0 aliphatic carbocycles. The van der Waals surface area contributed by atoms with Gasteiger partial charge in [-0.2, -0.15) is 5.10 Å². The van der Waals surface area contributed by atoms with Crippen molar-refractivity contribution in [1.82, 2.24) is 25.1 Å². The number of aromatic nitrogens is 4. The van der Waals surface area contributed by atoms with E-state index >= 15 is 0 Å². The van der Waals surface area contributed by atoms with Gasteiger partial charge in [0.25, 0.3) is 5.91 Å². The van der Waals surface area contributed by atoms with Crippen molar-refractivity contribution in [1.29, 1.82) is 0 Å². The van der Waals surface area contributed by atoms with Crippen LogP contribution in [0.4, 0.5) is 14.7 Å². The first-order valence-corrected chi connectivity index (χ1v) is 9.20. The predicted molar refractivity (Wildman–Crippen MR) is 109 cm³/mol. The monoisotopic (exact) mass is 424 g/mol. The zero-order valence-electron chi connectivity index (χ0n) is 16.6. The van der Waals surface area contributed by atoms with Gasteiger partial charge in [0, 0.05) is 30.6 Å². The number of nitrogen functional groups attached to an aromatic ring is 1. The molecule has 8 nitrogen and oxygen atoms in total. The second kappa shape index (κ2) is 7.98. The lowest BCUT2D eigenvalue weighted by atomic mass is 10.0. The molecule has 0 bridgehead atoms. The molecule has 1 amide bonds. The fourth-order valence-electron chi connectivity index (χ4n) is 3.26. The molecule has 0 spiro atoms. The number of carbonyl (C=O) groups is 1. The molecule has 2 aromatic heterocycles. The molecule has 2 aromatic carbocycles. The molecule has 0 fully saturated rings. The van der Waals surface area contributed by atoms with Crippen LogP contribution >= 0.6 is 0 Å². The van der Waals surface area contributed by atoms with Gasteiger partial charge in [-0.15, -0.1) is 0 Å². The number of rotatable bonds is 5. The third kappa shape index (κ3) is 4.00. The highest BCUT2D eigenvalue weighted by atomic mass is 19.1. The highest BCUT2D eigenvalue weighted by Crippen LogP contribution is 2.27. The van der Waals surface area contributed by atoms with Crippen LogP contribution < -0.4 is 15.8 Å². The molecular formula is C21H18F2N6O2. The van der Waals surface area contributed by atoms with Gasteiger partial charge in [0.15, 0.2) is 11.6 Å². The van der Waals surface area contributed by atoms with E-state index in [0.29, 0.717) is 11.1 Å². The van der Waals surface area contributed by atoms with Crippen molar-refractivity contribution < 1.29 is 18.3 Å². The molecule has 4 rings (SSSR count). The number of hydrogen-bond acceptors (Lipinski definition) is 6. The predicted octanol–water partition coefficient (Wildman–Crippen LogP) is 2.75. The van der Waals surface area contributed by atoms with Gasteiger partial charge in [-0.1, -0.05) is 6.07 Å². The summed E-state index contributed by atoms with van der Waals surface area (Å²) in [6, 6.07) is 6.14. The minimum atomic E-state index is -0.740. The molecule has 1 unspecified atom stereocenters. The van der Waals surface area contributed by atoms with Crippen molar-refractivity contribution in [3.8, 4) is 5.75 Å². The van der Waals surface area contributed by atoms with Crippen LogP contribution in [0.2, 0.25) is 0 Å². The Balaban J connectivity index is 1.72. The molecule has 0 aliphatic rings. The summed E-state index contributed by atoms with van der Waals surface area (Å²) < 4.78 is 35.3. The zero-order valence-corrected chi connectivity index (χ0v) is 16.6. The van der Waals surface area contributed by atoms with Crippen LogP contribution in [0.15, 0.2) is 48.9 Å². The van der Waals surface area contributed by atoms with Gasteiger partial charge in [-0.25, -0.2) is 18.7 Å². The maximum Gasteiger partial charge on any atom is 0.252 e. The van der Waals surface area contributed by atoms with Gasteiger partial charge in [0.05, 0.1) is 30.3 Å². The molecule has 3 N–H and O–H groups in total. The van der Waals surface area contributed by atoms with Crippen LogP contribution in [0.1, 0.15) is 27.5 Å². The van der Waals surface area contributed by atoms with Crippen molar-refractivity contribution >= 4 is 22.8 Å². The first kappa shape index (κ1) is 20.2. The number of halogens is 2. The third-order valence-corrected chi connectivity index (χ3v) is 4.77. The number of nitrogens with zero attached hydrogens (tertiary/aromatic N) is 4. The molecule has 31 heavy (non-hydrogen) atoms. The minimum Gasteiger partial charge on any atom is -0.494 e. The smallest absolute Gasteiger partial charge is 0.252 e. The number of amides is 1. The Morgan fingerprint density at radius 1 is 1.16 bits per heavy atom. The number of benzene rings is 2. The molecule has 0 radical (unpaired) electrons. The van der Waals surface area contributed by atoms with Crippen molar-refractivity contribution in [2.24, 2.45) is 7.05 Å². The Labute approximate surface area is 175 Å².